The highest BCUT2D eigenvalue weighted by molar-refractivity contribution is 6.05. The van der Waals surface area contributed by atoms with Gasteiger partial charge in [-0.2, -0.15) is 0 Å². The van der Waals surface area contributed by atoms with Crippen LogP contribution in [0.4, 0.5) is 11.5 Å². The minimum absolute atomic E-state index is 0.0381. The van der Waals surface area contributed by atoms with Crippen molar-refractivity contribution in [3.05, 3.63) is 54.2 Å². The monoisotopic (exact) mass is 255 g/mol. The molecule has 1 aromatic carbocycles. The van der Waals surface area contributed by atoms with Crippen molar-refractivity contribution in [1.82, 2.24) is 4.98 Å². The van der Waals surface area contributed by atoms with Gasteiger partial charge in [0, 0.05) is 25.5 Å². The number of carbonyl (C=O) groups excluding carboxylic acids is 1. The van der Waals surface area contributed by atoms with Gasteiger partial charge < -0.3 is 10.2 Å². The number of nitrogens with one attached hydrogen (secondary N) is 1. The number of carbonyl (C=O) groups is 1. The van der Waals surface area contributed by atoms with E-state index >= 15 is 0 Å². The average molecular weight is 255 g/mol. The quantitative estimate of drug-likeness (QED) is 0.913. The first-order valence-corrected chi connectivity index (χ1v) is 6.27. The third kappa shape index (κ3) is 2.91. The van der Waals surface area contributed by atoms with Crippen LogP contribution in [-0.2, 0) is 0 Å². The van der Waals surface area contributed by atoms with Gasteiger partial charge in [-0.25, -0.2) is 4.98 Å². The summed E-state index contributed by atoms with van der Waals surface area (Å²) in [5.74, 6) is 0.711. The van der Waals surface area contributed by atoms with Crippen molar-refractivity contribution < 1.29 is 4.79 Å². The maximum absolute atomic E-state index is 12.4. The number of para-hydroxylation sites is 1. The predicted octanol–water partition coefficient (Wildman–Crippen LogP) is 2.79. The highest BCUT2D eigenvalue weighted by atomic mass is 16.2. The molecule has 0 aliphatic rings. The Balaban J connectivity index is 2.25. The zero-order valence-corrected chi connectivity index (χ0v) is 11.1. The smallest absolute Gasteiger partial charge is 0.259 e. The van der Waals surface area contributed by atoms with Crippen LogP contribution >= 0.6 is 0 Å². The zero-order chi connectivity index (χ0) is 13.7. The van der Waals surface area contributed by atoms with Gasteiger partial charge in [0.2, 0.25) is 0 Å². The van der Waals surface area contributed by atoms with E-state index in [1.807, 2.05) is 37.3 Å². The third-order valence-electron chi connectivity index (χ3n) is 2.90. The van der Waals surface area contributed by atoms with Crippen LogP contribution in [0, 0.1) is 0 Å². The van der Waals surface area contributed by atoms with Gasteiger partial charge in [-0.15, -0.1) is 0 Å². The van der Waals surface area contributed by atoms with Crippen LogP contribution in [0.3, 0.4) is 0 Å². The molecule has 4 heteroatoms. The van der Waals surface area contributed by atoms with Gasteiger partial charge >= 0.3 is 0 Å². The number of benzene rings is 1. The van der Waals surface area contributed by atoms with Crippen LogP contribution in [0.15, 0.2) is 48.7 Å². The predicted molar refractivity (Wildman–Crippen MR) is 77.6 cm³/mol. The molecule has 1 aromatic heterocycles. The average Bonchev–Trinajstić information content (AvgIpc) is 2.49. The fourth-order valence-corrected chi connectivity index (χ4v) is 1.88. The number of amides is 1. The third-order valence-corrected chi connectivity index (χ3v) is 2.90. The SMILES string of the molecule is CCN(C(=O)c1ccc(NC)nc1)c1ccccc1. The summed E-state index contributed by atoms with van der Waals surface area (Å²) in [4.78, 5) is 18.3. The number of anilines is 2. The van der Waals surface area contributed by atoms with Gasteiger partial charge in [-0.05, 0) is 31.2 Å². The molecule has 98 valence electrons. The Morgan fingerprint density at radius 2 is 1.95 bits per heavy atom. The van der Waals surface area contributed by atoms with E-state index in [1.165, 1.54) is 0 Å². The lowest BCUT2D eigenvalue weighted by molar-refractivity contribution is 0.0988. The molecule has 2 aromatic rings. The molecule has 0 bridgehead atoms. The lowest BCUT2D eigenvalue weighted by atomic mass is 10.2. The molecule has 1 heterocycles. The standard InChI is InChI=1S/C15H17N3O/c1-3-18(13-7-5-4-6-8-13)15(19)12-9-10-14(16-2)17-11-12/h4-11H,3H2,1-2H3,(H,16,17). The Labute approximate surface area is 113 Å². The van der Waals surface area contributed by atoms with Gasteiger partial charge in [0.1, 0.15) is 5.82 Å². The normalized spacial score (nSPS) is 10.0. The van der Waals surface area contributed by atoms with Crippen molar-refractivity contribution in [1.29, 1.82) is 0 Å². The molecule has 19 heavy (non-hydrogen) atoms. The van der Waals surface area contributed by atoms with Crippen LogP contribution in [0.5, 0.6) is 0 Å². The Hall–Kier alpha value is -2.36. The number of hydrogen-bond donors (Lipinski definition) is 1. The number of hydrogen-bond acceptors (Lipinski definition) is 3. The second-order valence-electron chi connectivity index (χ2n) is 4.07. The van der Waals surface area contributed by atoms with Gasteiger partial charge in [0.15, 0.2) is 0 Å². The van der Waals surface area contributed by atoms with Crippen LogP contribution < -0.4 is 10.2 Å². The van der Waals surface area contributed by atoms with E-state index in [1.54, 1.807) is 30.3 Å². The van der Waals surface area contributed by atoms with Gasteiger partial charge in [-0.1, -0.05) is 18.2 Å². The van der Waals surface area contributed by atoms with Crippen molar-refractivity contribution in [3.63, 3.8) is 0 Å². The molecule has 1 N–H and O–H groups in total. The van der Waals surface area contributed by atoms with Crippen molar-refractivity contribution in [2.75, 3.05) is 23.8 Å². The molecule has 1 amide bonds. The molecular weight excluding hydrogens is 238 g/mol. The zero-order valence-electron chi connectivity index (χ0n) is 11.1. The molecule has 0 unspecified atom stereocenters. The molecule has 2 rings (SSSR count). The Bertz CT molecular complexity index is 537. The van der Waals surface area contributed by atoms with E-state index in [4.69, 9.17) is 0 Å². The van der Waals surface area contributed by atoms with E-state index in [0.717, 1.165) is 11.5 Å². The first-order valence-electron chi connectivity index (χ1n) is 6.27. The molecule has 0 aliphatic carbocycles. The highest BCUT2D eigenvalue weighted by Gasteiger charge is 2.15. The van der Waals surface area contributed by atoms with Crippen molar-refractivity contribution in [3.8, 4) is 0 Å². The minimum atomic E-state index is -0.0381. The topological polar surface area (TPSA) is 45.2 Å². The molecule has 0 aliphatic heterocycles. The van der Waals surface area contributed by atoms with Crippen molar-refractivity contribution in [2.45, 2.75) is 6.92 Å². The van der Waals surface area contributed by atoms with Crippen LogP contribution in [-0.4, -0.2) is 24.5 Å². The summed E-state index contributed by atoms with van der Waals surface area (Å²) in [5.41, 5.74) is 1.48. The second-order valence-corrected chi connectivity index (χ2v) is 4.07. The van der Waals surface area contributed by atoms with E-state index in [2.05, 4.69) is 10.3 Å². The first-order chi connectivity index (χ1) is 9.26. The molecule has 0 atom stereocenters. The fourth-order valence-electron chi connectivity index (χ4n) is 1.88. The van der Waals surface area contributed by atoms with Gasteiger partial charge in [-0.3, -0.25) is 4.79 Å². The largest absolute Gasteiger partial charge is 0.373 e. The van der Waals surface area contributed by atoms with E-state index < -0.39 is 0 Å². The van der Waals surface area contributed by atoms with Crippen molar-refractivity contribution in [2.24, 2.45) is 0 Å². The van der Waals surface area contributed by atoms with E-state index in [-0.39, 0.29) is 5.91 Å². The maximum atomic E-state index is 12.4. The molecule has 0 spiro atoms. The summed E-state index contributed by atoms with van der Waals surface area (Å²) >= 11 is 0. The lowest BCUT2D eigenvalue weighted by Crippen LogP contribution is -2.30. The number of nitrogens with zero attached hydrogens (tertiary/aromatic N) is 2. The van der Waals surface area contributed by atoms with E-state index in [0.29, 0.717) is 12.1 Å². The molecule has 4 nitrogen and oxygen atoms in total. The number of pyridine rings is 1. The molecule has 0 saturated heterocycles. The first kappa shape index (κ1) is 13.1. The molecule has 0 radical (unpaired) electrons. The number of aromatic nitrogens is 1. The summed E-state index contributed by atoms with van der Waals surface area (Å²) in [6.45, 7) is 2.58. The van der Waals surface area contributed by atoms with Crippen LogP contribution in [0.2, 0.25) is 0 Å². The number of rotatable bonds is 4. The van der Waals surface area contributed by atoms with Gasteiger partial charge in [0.05, 0.1) is 5.56 Å². The van der Waals surface area contributed by atoms with E-state index in [9.17, 15) is 4.79 Å². The fraction of sp³-hybridized carbons (Fsp3) is 0.200. The Morgan fingerprint density at radius 1 is 1.21 bits per heavy atom. The molecule has 0 saturated carbocycles. The molecule has 0 fully saturated rings. The minimum Gasteiger partial charge on any atom is -0.373 e. The summed E-state index contributed by atoms with van der Waals surface area (Å²) in [6, 6.07) is 13.2. The summed E-state index contributed by atoms with van der Waals surface area (Å²) in [7, 11) is 1.80. The highest BCUT2D eigenvalue weighted by Crippen LogP contribution is 2.16. The summed E-state index contributed by atoms with van der Waals surface area (Å²) in [5, 5.41) is 2.93. The Morgan fingerprint density at radius 3 is 2.47 bits per heavy atom. The molecular formula is C15H17N3O. The second kappa shape index (κ2) is 6.00. The van der Waals surface area contributed by atoms with Gasteiger partial charge in [0.25, 0.3) is 5.91 Å². The maximum Gasteiger partial charge on any atom is 0.259 e. The summed E-state index contributed by atoms with van der Waals surface area (Å²) in [6.07, 6.45) is 1.60. The van der Waals surface area contributed by atoms with Crippen LogP contribution in [0.25, 0.3) is 0 Å². The Kier molecular flexibility index (Phi) is 4.13. The van der Waals surface area contributed by atoms with Crippen LogP contribution in [0.1, 0.15) is 17.3 Å². The lowest BCUT2D eigenvalue weighted by Gasteiger charge is -2.20. The van der Waals surface area contributed by atoms with Crippen molar-refractivity contribution >= 4 is 17.4 Å². The summed E-state index contributed by atoms with van der Waals surface area (Å²) < 4.78 is 0.